The monoisotopic (exact) mass is 225 g/mol. The van der Waals surface area contributed by atoms with Crippen LogP contribution in [0.1, 0.15) is 13.3 Å². The third kappa shape index (κ3) is 1.58. The molecule has 0 fully saturated rings. The Hall–Kier alpha value is -2.23. The lowest BCUT2D eigenvalue weighted by atomic mass is 10.2. The molecule has 1 aliphatic heterocycles. The van der Waals surface area contributed by atoms with Crippen molar-refractivity contribution in [2.75, 3.05) is 5.01 Å². The maximum Gasteiger partial charge on any atom is 0.253 e. The van der Waals surface area contributed by atoms with E-state index in [1.807, 2.05) is 37.3 Å². The highest BCUT2D eigenvalue weighted by atomic mass is 16.2. The third-order valence-corrected chi connectivity index (χ3v) is 2.75. The van der Waals surface area contributed by atoms with E-state index in [0.29, 0.717) is 6.42 Å². The quantitative estimate of drug-likeness (QED) is 0.747. The molecule has 1 amide bonds. The molecule has 0 bridgehead atoms. The lowest BCUT2D eigenvalue weighted by Crippen LogP contribution is -2.19. The van der Waals surface area contributed by atoms with Crippen molar-refractivity contribution in [1.82, 2.24) is 4.98 Å². The predicted molar refractivity (Wildman–Crippen MR) is 67.0 cm³/mol. The van der Waals surface area contributed by atoms with E-state index < -0.39 is 0 Å². The van der Waals surface area contributed by atoms with Crippen molar-refractivity contribution in [2.24, 2.45) is 5.10 Å². The van der Waals surface area contributed by atoms with Gasteiger partial charge in [0.15, 0.2) is 0 Å². The minimum absolute atomic E-state index is 0.000605. The van der Waals surface area contributed by atoms with Crippen LogP contribution in [0.2, 0.25) is 0 Å². The molecule has 0 saturated carbocycles. The van der Waals surface area contributed by atoms with Crippen molar-refractivity contribution in [3.8, 4) is 0 Å². The Morgan fingerprint density at radius 2 is 2.06 bits per heavy atom. The van der Waals surface area contributed by atoms with Crippen LogP contribution in [0.25, 0.3) is 10.9 Å². The van der Waals surface area contributed by atoms with Crippen LogP contribution >= 0.6 is 0 Å². The normalized spacial score (nSPS) is 15.5. The molecular formula is C13H11N3O. The molecule has 0 radical (unpaired) electrons. The van der Waals surface area contributed by atoms with E-state index in [4.69, 9.17) is 0 Å². The molecule has 0 aliphatic carbocycles. The average molecular weight is 225 g/mol. The minimum Gasteiger partial charge on any atom is -0.272 e. The number of benzene rings is 1. The molecule has 0 atom stereocenters. The highest BCUT2D eigenvalue weighted by Crippen LogP contribution is 2.27. The molecule has 0 spiro atoms. The van der Waals surface area contributed by atoms with Crippen LogP contribution < -0.4 is 5.01 Å². The van der Waals surface area contributed by atoms with Crippen molar-refractivity contribution in [2.45, 2.75) is 13.3 Å². The summed E-state index contributed by atoms with van der Waals surface area (Å²) in [5.41, 5.74) is 2.40. The molecule has 1 aliphatic rings. The van der Waals surface area contributed by atoms with Gasteiger partial charge in [-0.25, -0.2) is 0 Å². The first-order valence-corrected chi connectivity index (χ1v) is 5.46. The number of pyridine rings is 1. The number of amides is 1. The van der Waals surface area contributed by atoms with Gasteiger partial charge < -0.3 is 0 Å². The number of para-hydroxylation sites is 1. The topological polar surface area (TPSA) is 45.6 Å². The van der Waals surface area contributed by atoms with Crippen LogP contribution in [0, 0.1) is 0 Å². The van der Waals surface area contributed by atoms with Gasteiger partial charge in [0.1, 0.15) is 0 Å². The Labute approximate surface area is 98.6 Å². The van der Waals surface area contributed by atoms with Gasteiger partial charge in [-0.3, -0.25) is 9.78 Å². The van der Waals surface area contributed by atoms with E-state index in [9.17, 15) is 4.79 Å². The third-order valence-electron chi connectivity index (χ3n) is 2.75. The number of hydrogen-bond donors (Lipinski definition) is 0. The van der Waals surface area contributed by atoms with E-state index >= 15 is 0 Å². The summed E-state index contributed by atoms with van der Waals surface area (Å²) in [5.74, 6) is 0.000605. The van der Waals surface area contributed by atoms with Crippen LogP contribution in [0.5, 0.6) is 0 Å². The first-order chi connectivity index (χ1) is 8.25. The summed E-state index contributed by atoms with van der Waals surface area (Å²) >= 11 is 0. The maximum absolute atomic E-state index is 11.8. The average Bonchev–Trinajstić information content (AvgIpc) is 2.68. The first-order valence-electron chi connectivity index (χ1n) is 5.46. The molecular weight excluding hydrogens is 214 g/mol. The van der Waals surface area contributed by atoms with Gasteiger partial charge in [-0.05, 0) is 19.1 Å². The molecule has 0 N–H and O–H groups in total. The standard InChI is InChI=1S/C13H11N3O/c1-9-8-12(17)16(15-9)11-6-2-4-10-5-3-7-14-13(10)11/h2-7H,8H2,1H3. The number of hydrazone groups is 1. The summed E-state index contributed by atoms with van der Waals surface area (Å²) in [6.07, 6.45) is 2.12. The number of carbonyl (C=O) groups is 1. The highest BCUT2D eigenvalue weighted by molar-refractivity contribution is 6.14. The van der Waals surface area contributed by atoms with Crippen molar-refractivity contribution in [3.63, 3.8) is 0 Å². The zero-order valence-electron chi connectivity index (χ0n) is 9.42. The number of nitrogens with zero attached hydrogens (tertiary/aromatic N) is 3. The van der Waals surface area contributed by atoms with Gasteiger partial charge >= 0.3 is 0 Å². The van der Waals surface area contributed by atoms with E-state index in [1.165, 1.54) is 5.01 Å². The molecule has 84 valence electrons. The van der Waals surface area contributed by atoms with Gasteiger partial charge in [0.25, 0.3) is 5.91 Å². The Balaban J connectivity index is 2.21. The molecule has 2 heterocycles. The Morgan fingerprint density at radius 3 is 2.82 bits per heavy atom. The summed E-state index contributed by atoms with van der Waals surface area (Å²) in [7, 11) is 0. The predicted octanol–water partition coefficient (Wildman–Crippen LogP) is 2.35. The Morgan fingerprint density at radius 1 is 1.24 bits per heavy atom. The number of fused-ring (bicyclic) bond motifs is 1. The molecule has 17 heavy (non-hydrogen) atoms. The fourth-order valence-corrected chi connectivity index (χ4v) is 2.00. The number of anilines is 1. The van der Waals surface area contributed by atoms with Crippen LogP contribution in [0.15, 0.2) is 41.6 Å². The molecule has 3 rings (SSSR count). The van der Waals surface area contributed by atoms with Crippen LogP contribution in [0.4, 0.5) is 5.69 Å². The van der Waals surface area contributed by atoms with Crippen molar-refractivity contribution in [3.05, 3.63) is 36.5 Å². The van der Waals surface area contributed by atoms with E-state index in [0.717, 1.165) is 22.3 Å². The summed E-state index contributed by atoms with van der Waals surface area (Å²) in [5, 5.41) is 6.71. The van der Waals surface area contributed by atoms with E-state index in [1.54, 1.807) is 6.20 Å². The number of carbonyl (C=O) groups excluding carboxylic acids is 1. The molecule has 1 aromatic carbocycles. The molecule has 0 saturated heterocycles. The summed E-state index contributed by atoms with van der Waals surface area (Å²) in [6, 6.07) is 9.61. The number of hydrogen-bond acceptors (Lipinski definition) is 3. The van der Waals surface area contributed by atoms with Gasteiger partial charge in [0.2, 0.25) is 0 Å². The number of rotatable bonds is 1. The van der Waals surface area contributed by atoms with Gasteiger partial charge in [-0.2, -0.15) is 10.1 Å². The lowest BCUT2D eigenvalue weighted by molar-refractivity contribution is -0.116. The molecule has 1 aromatic heterocycles. The Kier molecular flexibility index (Phi) is 2.14. The second-order valence-corrected chi connectivity index (χ2v) is 4.07. The Bertz CT molecular complexity index is 628. The van der Waals surface area contributed by atoms with E-state index in [2.05, 4.69) is 10.1 Å². The molecule has 4 heteroatoms. The smallest absolute Gasteiger partial charge is 0.253 e. The van der Waals surface area contributed by atoms with Gasteiger partial charge in [-0.15, -0.1) is 0 Å². The second kappa shape index (κ2) is 3.66. The summed E-state index contributed by atoms with van der Waals surface area (Å²) in [4.78, 5) is 16.1. The number of aromatic nitrogens is 1. The molecule has 2 aromatic rings. The zero-order valence-corrected chi connectivity index (χ0v) is 9.42. The van der Waals surface area contributed by atoms with Crippen molar-refractivity contribution < 1.29 is 4.79 Å². The fourth-order valence-electron chi connectivity index (χ4n) is 2.00. The molecule has 0 unspecified atom stereocenters. The lowest BCUT2D eigenvalue weighted by Gasteiger charge is -2.13. The van der Waals surface area contributed by atoms with Gasteiger partial charge in [0.05, 0.1) is 17.6 Å². The maximum atomic E-state index is 11.8. The van der Waals surface area contributed by atoms with Gasteiger partial charge in [0, 0.05) is 17.3 Å². The largest absolute Gasteiger partial charge is 0.272 e. The van der Waals surface area contributed by atoms with Crippen molar-refractivity contribution in [1.29, 1.82) is 0 Å². The summed E-state index contributed by atoms with van der Waals surface area (Å²) in [6.45, 7) is 1.86. The zero-order chi connectivity index (χ0) is 11.8. The van der Waals surface area contributed by atoms with Crippen LogP contribution in [0.3, 0.4) is 0 Å². The van der Waals surface area contributed by atoms with Crippen molar-refractivity contribution >= 4 is 28.2 Å². The highest BCUT2D eigenvalue weighted by Gasteiger charge is 2.24. The van der Waals surface area contributed by atoms with E-state index in [-0.39, 0.29) is 5.91 Å². The van der Waals surface area contributed by atoms with Gasteiger partial charge in [-0.1, -0.05) is 18.2 Å². The fraction of sp³-hybridized carbons (Fsp3) is 0.154. The first kappa shape index (κ1) is 9.96. The minimum atomic E-state index is 0.000605. The van der Waals surface area contributed by atoms with Crippen LogP contribution in [-0.4, -0.2) is 16.6 Å². The second-order valence-electron chi connectivity index (χ2n) is 4.07. The summed E-state index contributed by atoms with van der Waals surface area (Å²) < 4.78 is 0. The molecule has 4 nitrogen and oxygen atoms in total. The SMILES string of the molecule is CC1=NN(c2cccc3cccnc23)C(=O)C1. The van der Waals surface area contributed by atoms with Crippen LogP contribution in [-0.2, 0) is 4.79 Å².